The van der Waals surface area contributed by atoms with Gasteiger partial charge in [0.25, 0.3) is 0 Å². The smallest absolute Gasteiger partial charge is 0.227 e. The van der Waals surface area contributed by atoms with Crippen LogP contribution in [0.25, 0.3) is 21.7 Å². The quantitative estimate of drug-likeness (QED) is 0.467. The van der Waals surface area contributed by atoms with E-state index < -0.39 is 0 Å². The maximum Gasteiger partial charge on any atom is 0.227 e. The first kappa shape index (κ1) is 18.1. The Labute approximate surface area is 164 Å². The van der Waals surface area contributed by atoms with Crippen LogP contribution in [-0.4, -0.2) is 24.5 Å². The van der Waals surface area contributed by atoms with Gasteiger partial charge in [-0.05, 0) is 41.5 Å². The lowest BCUT2D eigenvalue weighted by Gasteiger charge is -2.17. The van der Waals surface area contributed by atoms with Crippen LogP contribution in [0.15, 0.2) is 71.3 Å². The zero-order valence-corrected chi connectivity index (χ0v) is 16.1. The molecule has 0 unspecified atom stereocenters. The number of benzene rings is 3. The average molecular weight is 373 g/mol. The minimum absolute atomic E-state index is 0.0597. The van der Waals surface area contributed by atoms with Crippen molar-refractivity contribution in [2.75, 3.05) is 13.7 Å². The van der Waals surface area contributed by atoms with Crippen LogP contribution in [0.3, 0.4) is 0 Å². The minimum atomic E-state index is 0.0597. The molecule has 3 aromatic carbocycles. The number of amides is 1. The van der Waals surface area contributed by atoms with Gasteiger partial charge in [-0.2, -0.15) is 0 Å². The summed E-state index contributed by atoms with van der Waals surface area (Å²) in [7, 11) is 1.83. The van der Waals surface area contributed by atoms with Gasteiger partial charge in [-0.1, -0.05) is 42.5 Å². The largest absolute Gasteiger partial charge is 0.494 e. The summed E-state index contributed by atoms with van der Waals surface area (Å²) in [5.41, 5.74) is 2.81. The first-order valence-electron chi connectivity index (χ1n) is 9.49. The monoisotopic (exact) mass is 373 g/mol. The van der Waals surface area contributed by atoms with Gasteiger partial charge in [0, 0.05) is 24.5 Å². The maximum absolute atomic E-state index is 12.8. The number of ether oxygens (including phenoxy) is 1. The summed E-state index contributed by atoms with van der Waals surface area (Å²) in [5, 5.41) is 3.29. The summed E-state index contributed by atoms with van der Waals surface area (Å²) in [5.74, 6) is 0.904. The average Bonchev–Trinajstić information content (AvgIpc) is 3.13. The third-order valence-electron chi connectivity index (χ3n) is 4.96. The van der Waals surface area contributed by atoms with Crippen molar-refractivity contribution in [3.05, 3.63) is 78.1 Å². The van der Waals surface area contributed by atoms with E-state index in [1.165, 1.54) is 0 Å². The van der Waals surface area contributed by atoms with E-state index in [2.05, 4.69) is 12.1 Å². The molecule has 0 fully saturated rings. The fourth-order valence-corrected chi connectivity index (χ4v) is 3.52. The Morgan fingerprint density at radius 1 is 1.04 bits per heavy atom. The molecule has 0 bridgehead atoms. The molecular weight excluding hydrogens is 350 g/mol. The number of likely N-dealkylation sites (N-methyl/N-ethyl adjacent to an activating group) is 1. The lowest BCUT2D eigenvalue weighted by molar-refractivity contribution is -0.129. The van der Waals surface area contributed by atoms with Crippen molar-refractivity contribution in [1.82, 2.24) is 4.90 Å². The molecule has 4 heteroatoms. The number of rotatable bonds is 6. The number of hydrogen-bond acceptors (Lipinski definition) is 3. The topological polar surface area (TPSA) is 42.7 Å². The molecule has 0 saturated carbocycles. The predicted molar refractivity (Wildman–Crippen MR) is 112 cm³/mol. The van der Waals surface area contributed by atoms with Crippen LogP contribution in [0.4, 0.5) is 0 Å². The molecule has 0 aliphatic carbocycles. The van der Waals surface area contributed by atoms with Gasteiger partial charge in [0.15, 0.2) is 0 Å². The zero-order valence-electron chi connectivity index (χ0n) is 16.1. The summed E-state index contributed by atoms with van der Waals surface area (Å²) in [6, 6.07) is 20.1. The van der Waals surface area contributed by atoms with Gasteiger partial charge in [-0.3, -0.25) is 4.79 Å². The highest BCUT2D eigenvalue weighted by molar-refractivity contribution is 6.08. The highest BCUT2D eigenvalue weighted by Crippen LogP contribution is 2.30. The molecular formula is C24H23NO3. The fraction of sp³-hybridized carbons (Fsp3) is 0.208. The van der Waals surface area contributed by atoms with Gasteiger partial charge in [-0.15, -0.1) is 0 Å². The van der Waals surface area contributed by atoms with E-state index in [9.17, 15) is 4.79 Å². The Balaban J connectivity index is 1.52. The number of fused-ring (bicyclic) bond motifs is 3. The van der Waals surface area contributed by atoms with E-state index in [4.69, 9.17) is 9.15 Å². The molecule has 0 aliphatic heterocycles. The SMILES string of the molecule is CCOc1ccc(CN(C)C(=O)Cc2coc3ccc4ccccc4c23)cc1. The molecule has 28 heavy (non-hydrogen) atoms. The summed E-state index contributed by atoms with van der Waals surface area (Å²) in [6.45, 7) is 3.16. The first-order valence-corrected chi connectivity index (χ1v) is 9.49. The summed E-state index contributed by atoms with van der Waals surface area (Å²) in [4.78, 5) is 14.6. The second-order valence-corrected chi connectivity index (χ2v) is 6.92. The number of nitrogens with zero attached hydrogens (tertiary/aromatic N) is 1. The van der Waals surface area contributed by atoms with Crippen LogP contribution in [0.2, 0.25) is 0 Å². The first-order chi connectivity index (χ1) is 13.7. The third kappa shape index (κ3) is 3.58. The zero-order chi connectivity index (χ0) is 19.5. The molecule has 0 atom stereocenters. The van der Waals surface area contributed by atoms with Gasteiger partial charge in [0.1, 0.15) is 11.3 Å². The molecule has 1 aromatic heterocycles. The van der Waals surface area contributed by atoms with E-state index in [1.54, 1.807) is 11.2 Å². The highest BCUT2D eigenvalue weighted by Gasteiger charge is 2.16. The minimum Gasteiger partial charge on any atom is -0.494 e. The second-order valence-electron chi connectivity index (χ2n) is 6.92. The molecule has 4 nitrogen and oxygen atoms in total. The van der Waals surface area contributed by atoms with E-state index in [0.29, 0.717) is 19.6 Å². The van der Waals surface area contributed by atoms with Crippen molar-refractivity contribution in [3.63, 3.8) is 0 Å². The Hall–Kier alpha value is -3.27. The van der Waals surface area contributed by atoms with Crippen molar-refractivity contribution in [3.8, 4) is 5.75 Å². The van der Waals surface area contributed by atoms with E-state index in [0.717, 1.165) is 38.6 Å². The van der Waals surface area contributed by atoms with Crippen molar-refractivity contribution in [1.29, 1.82) is 0 Å². The van der Waals surface area contributed by atoms with Crippen molar-refractivity contribution in [2.24, 2.45) is 0 Å². The number of carbonyl (C=O) groups is 1. The van der Waals surface area contributed by atoms with Crippen LogP contribution in [-0.2, 0) is 17.8 Å². The van der Waals surface area contributed by atoms with Crippen LogP contribution >= 0.6 is 0 Å². The molecule has 0 aliphatic rings. The summed E-state index contributed by atoms with van der Waals surface area (Å²) < 4.78 is 11.2. The Morgan fingerprint density at radius 3 is 2.61 bits per heavy atom. The molecule has 1 amide bonds. The number of hydrogen-bond donors (Lipinski definition) is 0. The normalized spacial score (nSPS) is 11.1. The van der Waals surface area contributed by atoms with Gasteiger partial charge in [0.05, 0.1) is 19.3 Å². The fourth-order valence-electron chi connectivity index (χ4n) is 3.52. The lowest BCUT2D eigenvalue weighted by Crippen LogP contribution is -2.27. The molecule has 4 aromatic rings. The molecule has 4 rings (SSSR count). The molecule has 142 valence electrons. The standard InChI is InChI=1S/C24H23NO3/c1-3-27-20-11-8-17(9-12-20)15-25(2)23(26)14-19-16-28-22-13-10-18-6-4-5-7-21(18)24(19)22/h4-13,16H,3,14-15H2,1-2H3. The molecule has 0 saturated heterocycles. The summed E-state index contributed by atoms with van der Waals surface area (Å²) in [6.07, 6.45) is 2.02. The number of furan rings is 1. The molecule has 0 spiro atoms. The van der Waals surface area contributed by atoms with Crippen molar-refractivity contribution < 1.29 is 13.9 Å². The van der Waals surface area contributed by atoms with Gasteiger partial charge in [0.2, 0.25) is 5.91 Å². The third-order valence-corrected chi connectivity index (χ3v) is 4.96. The second kappa shape index (κ2) is 7.77. The number of carbonyl (C=O) groups excluding carboxylic acids is 1. The van der Waals surface area contributed by atoms with E-state index in [1.807, 2.05) is 62.5 Å². The van der Waals surface area contributed by atoms with Gasteiger partial charge in [-0.25, -0.2) is 0 Å². The van der Waals surface area contributed by atoms with Crippen LogP contribution in [0.1, 0.15) is 18.1 Å². The van der Waals surface area contributed by atoms with Crippen LogP contribution in [0.5, 0.6) is 5.75 Å². The van der Waals surface area contributed by atoms with Crippen molar-refractivity contribution in [2.45, 2.75) is 19.9 Å². The molecule has 1 heterocycles. The summed E-state index contributed by atoms with van der Waals surface area (Å²) >= 11 is 0. The van der Waals surface area contributed by atoms with Crippen molar-refractivity contribution >= 4 is 27.6 Å². The Bertz CT molecular complexity index is 1110. The van der Waals surface area contributed by atoms with Crippen LogP contribution < -0.4 is 4.74 Å². The Kier molecular flexibility index (Phi) is 5.02. The maximum atomic E-state index is 12.8. The van der Waals surface area contributed by atoms with E-state index >= 15 is 0 Å². The Morgan fingerprint density at radius 2 is 1.82 bits per heavy atom. The van der Waals surface area contributed by atoms with E-state index in [-0.39, 0.29) is 5.91 Å². The lowest BCUT2D eigenvalue weighted by atomic mass is 10.0. The predicted octanol–water partition coefficient (Wildman–Crippen LogP) is 5.19. The highest BCUT2D eigenvalue weighted by atomic mass is 16.5. The molecule has 0 N–H and O–H groups in total. The van der Waals surface area contributed by atoms with Gasteiger partial charge < -0.3 is 14.1 Å². The van der Waals surface area contributed by atoms with Crippen LogP contribution in [0, 0.1) is 0 Å². The van der Waals surface area contributed by atoms with Gasteiger partial charge >= 0.3 is 0 Å². The molecule has 0 radical (unpaired) electrons.